The maximum Gasteiger partial charge on any atom is 0.277 e. The number of hydrogen-bond donors (Lipinski definition) is 1. The predicted molar refractivity (Wildman–Crippen MR) is 125 cm³/mol. The van der Waals surface area contributed by atoms with Crippen molar-refractivity contribution >= 4 is 23.6 Å². The fourth-order valence-electron chi connectivity index (χ4n) is 4.27. The van der Waals surface area contributed by atoms with E-state index in [0.29, 0.717) is 5.82 Å². The van der Waals surface area contributed by atoms with Crippen molar-refractivity contribution in [2.75, 3.05) is 7.05 Å². The second-order valence-electron chi connectivity index (χ2n) is 8.64. The Morgan fingerprint density at radius 2 is 1.89 bits per heavy atom. The van der Waals surface area contributed by atoms with E-state index in [1.165, 1.54) is 11.0 Å². The molecule has 5 rings (SSSR count). The first-order valence-electron chi connectivity index (χ1n) is 11.3. The van der Waals surface area contributed by atoms with Crippen LogP contribution >= 0.6 is 0 Å². The third kappa shape index (κ3) is 4.26. The number of aromatic nitrogens is 3. The lowest BCUT2D eigenvalue weighted by atomic mass is 10.0. The molecule has 182 valence electrons. The number of hydrogen-bond acceptors (Lipinski definition) is 9. The zero-order valence-corrected chi connectivity index (χ0v) is 19.6. The Morgan fingerprint density at radius 1 is 1.11 bits per heavy atom. The Bertz CT molecular complexity index is 1410. The van der Waals surface area contributed by atoms with Crippen molar-refractivity contribution in [1.82, 2.24) is 30.2 Å². The van der Waals surface area contributed by atoms with E-state index in [2.05, 4.69) is 20.4 Å². The number of imide groups is 2. The first kappa shape index (κ1) is 23.1. The molecule has 0 aliphatic carbocycles. The molecule has 11 heteroatoms. The summed E-state index contributed by atoms with van der Waals surface area (Å²) in [5, 5.41) is 6.28. The lowest BCUT2D eigenvalue weighted by molar-refractivity contribution is -0.150. The minimum atomic E-state index is -1.02. The molecule has 11 nitrogen and oxygen atoms in total. The number of amides is 4. The highest BCUT2D eigenvalue weighted by molar-refractivity contribution is 6.18. The fourth-order valence-corrected chi connectivity index (χ4v) is 4.27. The molecule has 1 unspecified atom stereocenters. The Kier molecular flexibility index (Phi) is 5.88. The van der Waals surface area contributed by atoms with Gasteiger partial charge in [0.05, 0.1) is 6.54 Å². The Labute approximate surface area is 205 Å². The average molecular weight is 486 g/mol. The predicted octanol–water partition coefficient (Wildman–Crippen LogP) is 1.60. The molecule has 0 spiro atoms. The Morgan fingerprint density at radius 3 is 2.64 bits per heavy atom. The molecule has 1 saturated heterocycles. The number of likely N-dealkylation sites (N-methyl/N-ethyl adjacent to an activating group) is 1. The van der Waals surface area contributed by atoms with Crippen LogP contribution in [0, 0.1) is 6.92 Å². The van der Waals surface area contributed by atoms with Crippen molar-refractivity contribution in [2.45, 2.75) is 32.4 Å². The number of aryl methyl sites for hydroxylation is 1. The van der Waals surface area contributed by atoms with Gasteiger partial charge < -0.3 is 9.42 Å². The van der Waals surface area contributed by atoms with Crippen LogP contribution in [0.1, 0.15) is 24.3 Å². The van der Waals surface area contributed by atoms with E-state index in [1.54, 1.807) is 19.4 Å². The summed E-state index contributed by atoms with van der Waals surface area (Å²) in [6, 6.07) is 8.77. The minimum absolute atomic E-state index is 0.0607. The normalized spacial score (nSPS) is 17.9. The van der Waals surface area contributed by atoms with E-state index < -0.39 is 29.7 Å². The molecular formula is C25H22N6O5. The van der Waals surface area contributed by atoms with Crippen molar-refractivity contribution in [3.8, 4) is 22.5 Å². The van der Waals surface area contributed by atoms with Crippen LogP contribution in [0.2, 0.25) is 0 Å². The van der Waals surface area contributed by atoms with Gasteiger partial charge in [0.2, 0.25) is 23.5 Å². The lowest BCUT2D eigenvalue weighted by Gasteiger charge is -2.29. The quantitative estimate of drug-likeness (QED) is 0.515. The third-order valence-electron chi connectivity index (χ3n) is 6.20. The summed E-state index contributed by atoms with van der Waals surface area (Å²) >= 11 is 0. The van der Waals surface area contributed by atoms with Gasteiger partial charge in [-0.25, -0.2) is 0 Å². The van der Waals surface area contributed by atoms with Crippen molar-refractivity contribution in [1.29, 1.82) is 0 Å². The first-order chi connectivity index (χ1) is 17.3. The van der Waals surface area contributed by atoms with E-state index in [9.17, 15) is 19.2 Å². The van der Waals surface area contributed by atoms with Crippen LogP contribution < -0.4 is 5.32 Å². The van der Waals surface area contributed by atoms with Crippen molar-refractivity contribution in [3.05, 3.63) is 66.0 Å². The molecule has 2 aliphatic heterocycles. The van der Waals surface area contributed by atoms with Gasteiger partial charge in [-0.1, -0.05) is 17.3 Å². The number of carbonyl (C=O) groups is 4. The van der Waals surface area contributed by atoms with E-state index in [1.807, 2.05) is 37.3 Å². The summed E-state index contributed by atoms with van der Waals surface area (Å²) in [5.41, 5.74) is 3.85. The Hall–Kier alpha value is -4.67. The van der Waals surface area contributed by atoms with Crippen LogP contribution in [0.25, 0.3) is 22.5 Å². The van der Waals surface area contributed by atoms with Crippen molar-refractivity contribution in [2.24, 2.45) is 0 Å². The van der Waals surface area contributed by atoms with Gasteiger partial charge in [0.25, 0.3) is 11.8 Å². The molecule has 0 radical (unpaired) electrons. The number of carbonyl (C=O) groups excluding carboxylic acids is 4. The molecule has 1 atom stereocenters. The van der Waals surface area contributed by atoms with Gasteiger partial charge in [0.15, 0.2) is 0 Å². The summed E-state index contributed by atoms with van der Waals surface area (Å²) in [4.78, 5) is 60.1. The molecule has 2 aromatic heterocycles. The van der Waals surface area contributed by atoms with Crippen LogP contribution in [0.3, 0.4) is 0 Å². The van der Waals surface area contributed by atoms with Gasteiger partial charge >= 0.3 is 0 Å². The van der Waals surface area contributed by atoms with E-state index in [-0.39, 0.29) is 31.0 Å². The molecule has 4 amide bonds. The molecule has 1 fully saturated rings. The second kappa shape index (κ2) is 9.17. The number of nitrogens with one attached hydrogen (secondary N) is 1. The van der Waals surface area contributed by atoms with Crippen LogP contribution in [-0.2, 0) is 25.7 Å². The minimum Gasteiger partial charge on any atom is -0.361 e. The molecule has 2 aliphatic rings. The zero-order valence-electron chi connectivity index (χ0n) is 19.6. The third-order valence-corrected chi connectivity index (χ3v) is 6.20. The number of rotatable bonds is 6. The van der Waals surface area contributed by atoms with Gasteiger partial charge in [-0.3, -0.25) is 34.4 Å². The van der Waals surface area contributed by atoms with Crippen LogP contribution in [0.4, 0.5) is 0 Å². The zero-order chi connectivity index (χ0) is 25.4. The van der Waals surface area contributed by atoms with Gasteiger partial charge in [-0.05, 0) is 48.2 Å². The smallest absolute Gasteiger partial charge is 0.277 e. The largest absolute Gasteiger partial charge is 0.361 e. The van der Waals surface area contributed by atoms with Crippen molar-refractivity contribution in [3.63, 3.8) is 0 Å². The first-order valence-corrected chi connectivity index (χ1v) is 11.3. The number of pyridine rings is 1. The second-order valence-corrected chi connectivity index (χ2v) is 8.64. The van der Waals surface area contributed by atoms with Crippen LogP contribution in [-0.4, -0.2) is 61.6 Å². The van der Waals surface area contributed by atoms with E-state index in [4.69, 9.17) is 4.52 Å². The van der Waals surface area contributed by atoms with Gasteiger partial charge in [0, 0.05) is 37.5 Å². The standard InChI is InChI=1S/C25H22N6O5/c1-14-3-4-16(15-7-9-26-10-8-15)11-17(14)23-28-21(36-29-23)13-30(2)19-12-22(33)31(25(19)35)18-5-6-20(32)27-24(18)34/h3-4,7-12,18H,5-6,13H2,1-2H3,(H,27,32,34). The topological polar surface area (TPSA) is 139 Å². The number of piperidine rings is 1. The maximum absolute atomic E-state index is 13.0. The Balaban J connectivity index is 1.32. The molecule has 3 aromatic rings. The van der Waals surface area contributed by atoms with Crippen LogP contribution in [0.15, 0.2) is 59.0 Å². The van der Waals surface area contributed by atoms with E-state index in [0.717, 1.165) is 27.2 Å². The highest BCUT2D eigenvalue weighted by atomic mass is 16.5. The number of nitrogens with zero attached hydrogens (tertiary/aromatic N) is 5. The van der Waals surface area contributed by atoms with E-state index >= 15 is 0 Å². The summed E-state index contributed by atoms with van der Waals surface area (Å²) in [6.45, 7) is 2.02. The van der Waals surface area contributed by atoms with Gasteiger partial charge in [0.1, 0.15) is 11.7 Å². The van der Waals surface area contributed by atoms with Crippen LogP contribution in [0.5, 0.6) is 0 Å². The summed E-state index contributed by atoms with van der Waals surface area (Å²) in [6.07, 6.45) is 4.78. The summed E-state index contributed by atoms with van der Waals surface area (Å²) in [5.74, 6) is -1.64. The lowest BCUT2D eigenvalue weighted by Crippen LogP contribution is -2.54. The highest BCUT2D eigenvalue weighted by Gasteiger charge is 2.43. The fraction of sp³-hybridized carbons (Fsp3) is 0.240. The SMILES string of the molecule is Cc1ccc(-c2ccncc2)cc1-c1noc(CN(C)C2=CC(=O)N(C3CCC(=O)NC3=O)C2=O)n1. The molecular weight excluding hydrogens is 464 g/mol. The molecule has 1 aromatic carbocycles. The molecule has 1 N–H and O–H groups in total. The summed E-state index contributed by atoms with van der Waals surface area (Å²) in [7, 11) is 1.62. The van der Waals surface area contributed by atoms with Gasteiger partial charge in [-0.2, -0.15) is 4.98 Å². The van der Waals surface area contributed by atoms with Crippen molar-refractivity contribution < 1.29 is 23.7 Å². The molecule has 0 bridgehead atoms. The summed E-state index contributed by atoms with van der Waals surface area (Å²) < 4.78 is 5.43. The highest BCUT2D eigenvalue weighted by Crippen LogP contribution is 2.28. The molecule has 36 heavy (non-hydrogen) atoms. The molecule has 0 saturated carbocycles. The molecule has 4 heterocycles. The average Bonchev–Trinajstić information content (AvgIpc) is 3.44. The number of benzene rings is 1. The maximum atomic E-state index is 13.0. The van der Waals surface area contributed by atoms with Gasteiger partial charge in [-0.15, -0.1) is 0 Å². The monoisotopic (exact) mass is 486 g/mol.